The SMILES string of the molecule is C=C(C)C(O)OC1CC2CC1C1C3CCC(C3)C21. The lowest BCUT2D eigenvalue weighted by molar-refractivity contribution is -0.140. The van der Waals surface area contributed by atoms with E-state index >= 15 is 0 Å². The molecule has 100 valence electrons. The average Bonchev–Trinajstić information content (AvgIpc) is 3.06. The summed E-state index contributed by atoms with van der Waals surface area (Å²) in [6.07, 6.45) is 6.58. The van der Waals surface area contributed by atoms with Crippen molar-refractivity contribution in [1.82, 2.24) is 0 Å². The minimum atomic E-state index is -0.744. The van der Waals surface area contributed by atoms with E-state index in [4.69, 9.17) is 4.74 Å². The summed E-state index contributed by atoms with van der Waals surface area (Å²) < 4.78 is 5.88. The average molecular weight is 248 g/mol. The summed E-state index contributed by atoms with van der Waals surface area (Å²) >= 11 is 0. The molecule has 4 aliphatic rings. The molecule has 0 spiro atoms. The minimum Gasteiger partial charge on any atom is -0.364 e. The van der Waals surface area contributed by atoms with Crippen LogP contribution >= 0.6 is 0 Å². The molecule has 4 saturated carbocycles. The Balaban J connectivity index is 1.50. The molecule has 2 nitrogen and oxygen atoms in total. The first-order chi connectivity index (χ1) is 8.65. The van der Waals surface area contributed by atoms with Crippen LogP contribution in [0, 0.1) is 35.5 Å². The van der Waals surface area contributed by atoms with E-state index in [9.17, 15) is 5.11 Å². The molecular weight excluding hydrogens is 224 g/mol. The van der Waals surface area contributed by atoms with Gasteiger partial charge in [0.2, 0.25) is 0 Å². The van der Waals surface area contributed by atoms with Gasteiger partial charge in [-0.2, -0.15) is 0 Å². The molecular formula is C16H24O2. The molecule has 4 aliphatic carbocycles. The first-order valence-corrected chi connectivity index (χ1v) is 7.64. The van der Waals surface area contributed by atoms with Crippen molar-refractivity contribution in [2.75, 3.05) is 0 Å². The zero-order valence-corrected chi connectivity index (χ0v) is 11.2. The molecule has 18 heavy (non-hydrogen) atoms. The molecule has 0 radical (unpaired) electrons. The lowest BCUT2D eigenvalue weighted by Gasteiger charge is -2.39. The Morgan fingerprint density at radius 2 is 1.83 bits per heavy atom. The van der Waals surface area contributed by atoms with Gasteiger partial charge in [-0.25, -0.2) is 0 Å². The quantitative estimate of drug-likeness (QED) is 0.473. The van der Waals surface area contributed by atoms with Crippen molar-refractivity contribution in [3.8, 4) is 0 Å². The Hall–Kier alpha value is -0.340. The molecule has 0 aliphatic heterocycles. The first-order valence-electron chi connectivity index (χ1n) is 7.64. The third-order valence-corrected chi connectivity index (χ3v) is 6.40. The molecule has 8 atom stereocenters. The summed E-state index contributed by atoms with van der Waals surface area (Å²) in [5, 5.41) is 9.87. The van der Waals surface area contributed by atoms with Gasteiger partial charge in [-0.05, 0) is 80.1 Å². The molecule has 4 fully saturated rings. The molecule has 0 aromatic heterocycles. The van der Waals surface area contributed by atoms with Crippen LogP contribution < -0.4 is 0 Å². The summed E-state index contributed by atoms with van der Waals surface area (Å²) in [6, 6.07) is 0. The molecule has 1 N–H and O–H groups in total. The van der Waals surface area contributed by atoms with Crippen molar-refractivity contribution < 1.29 is 9.84 Å². The molecule has 4 rings (SSSR count). The second-order valence-electron chi connectivity index (χ2n) is 7.26. The van der Waals surface area contributed by atoms with Gasteiger partial charge in [0.1, 0.15) is 0 Å². The van der Waals surface area contributed by atoms with Crippen LogP contribution in [0.4, 0.5) is 0 Å². The number of ether oxygens (including phenoxy) is 1. The van der Waals surface area contributed by atoms with Crippen molar-refractivity contribution in [1.29, 1.82) is 0 Å². The normalized spacial score (nSPS) is 53.8. The number of hydrogen-bond donors (Lipinski definition) is 1. The number of aliphatic hydroxyl groups is 1. The van der Waals surface area contributed by atoms with Crippen LogP contribution in [-0.2, 0) is 4.74 Å². The van der Waals surface area contributed by atoms with Gasteiger partial charge in [-0.3, -0.25) is 0 Å². The van der Waals surface area contributed by atoms with E-state index < -0.39 is 6.29 Å². The number of rotatable bonds is 3. The minimum absolute atomic E-state index is 0.308. The molecule has 0 amide bonds. The first kappa shape index (κ1) is 11.5. The fraction of sp³-hybridized carbons (Fsp3) is 0.875. The molecule has 0 aromatic rings. The highest BCUT2D eigenvalue weighted by atomic mass is 16.6. The van der Waals surface area contributed by atoms with Gasteiger partial charge in [0.05, 0.1) is 6.10 Å². The van der Waals surface area contributed by atoms with Crippen LogP contribution in [0.15, 0.2) is 12.2 Å². The lowest BCUT2D eigenvalue weighted by Crippen LogP contribution is -2.38. The van der Waals surface area contributed by atoms with E-state index in [0.29, 0.717) is 6.10 Å². The number of fused-ring (bicyclic) bond motifs is 9. The van der Waals surface area contributed by atoms with Gasteiger partial charge in [-0.15, -0.1) is 0 Å². The maximum Gasteiger partial charge on any atom is 0.176 e. The van der Waals surface area contributed by atoms with Crippen molar-refractivity contribution >= 4 is 0 Å². The number of hydrogen-bond acceptors (Lipinski definition) is 2. The van der Waals surface area contributed by atoms with Crippen molar-refractivity contribution in [3.63, 3.8) is 0 Å². The third-order valence-electron chi connectivity index (χ3n) is 6.40. The van der Waals surface area contributed by atoms with Crippen molar-refractivity contribution in [2.45, 2.75) is 51.4 Å². The van der Waals surface area contributed by atoms with Crippen LogP contribution in [0.25, 0.3) is 0 Å². The van der Waals surface area contributed by atoms with E-state index in [1.54, 1.807) is 0 Å². The van der Waals surface area contributed by atoms with Gasteiger partial charge in [0.15, 0.2) is 6.29 Å². The predicted molar refractivity (Wildman–Crippen MR) is 69.7 cm³/mol. The monoisotopic (exact) mass is 248 g/mol. The van der Waals surface area contributed by atoms with Gasteiger partial charge in [0, 0.05) is 0 Å². The van der Waals surface area contributed by atoms with E-state index in [1.807, 2.05) is 6.92 Å². The molecule has 0 heterocycles. The second kappa shape index (κ2) is 3.83. The Labute approximate surface area is 109 Å². The molecule has 2 heteroatoms. The van der Waals surface area contributed by atoms with Gasteiger partial charge in [-0.1, -0.05) is 6.58 Å². The summed E-state index contributed by atoms with van der Waals surface area (Å²) in [7, 11) is 0. The zero-order valence-electron chi connectivity index (χ0n) is 11.2. The molecule has 0 saturated heterocycles. The van der Waals surface area contributed by atoms with Gasteiger partial charge in [0.25, 0.3) is 0 Å². The van der Waals surface area contributed by atoms with Crippen LogP contribution in [0.3, 0.4) is 0 Å². The highest BCUT2D eigenvalue weighted by molar-refractivity contribution is 5.11. The second-order valence-corrected chi connectivity index (χ2v) is 7.26. The van der Waals surface area contributed by atoms with E-state index in [2.05, 4.69) is 6.58 Å². The van der Waals surface area contributed by atoms with Crippen LogP contribution in [0.1, 0.15) is 39.0 Å². The Bertz CT molecular complexity index is 377. The predicted octanol–water partition coefficient (Wildman–Crippen LogP) is 2.97. The van der Waals surface area contributed by atoms with E-state index in [0.717, 1.165) is 41.1 Å². The fourth-order valence-electron chi connectivity index (χ4n) is 5.94. The highest BCUT2D eigenvalue weighted by Gasteiger charge is 2.62. The molecule has 8 unspecified atom stereocenters. The fourth-order valence-corrected chi connectivity index (χ4v) is 5.94. The summed E-state index contributed by atoms with van der Waals surface area (Å²) in [5.74, 6) is 5.63. The smallest absolute Gasteiger partial charge is 0.176 e. The number of aliphatic hydroxyl groups excluding tert-OH is 1. The Morgan fingerprint density at radius 1 is 1.11 bits per heavy atom. The van der Waals surface area contributed by atoms with Gasteiger partial charge >= 0.3 is 0 Å². The maximum absolute atomic E-state index is 9.87. The standard InChI is InChI=1S/C16H24O2/c1-8(2)16(17)18-13-7-11-6-12(13)15-10-4-3-9(5-10)14(11)15/h9-17H,1,3-7H2,2H3. The van der Waals surface area contributed by atoms with E-state index in [-0.39, 0.29) is 0 Å². The lowest BCUT2D eigenvalue weighted by atomic mass is 9.70. The van der Waals surface area contributed by atoms with E-state index in [1.165, 1.54) is 32.1 Å². The maximum atomic E-state index is 9.87. The van der Waals surface area contributed by atoms with Crippen LogP contribution in [0.5, 0.6) is 0 Å². The van der Waals surface area contributed by atoms with Crippen molar-refractivity contribution in [3.05, 3.63) is 12.2 Å². The van der Waals surface area contributed by atoms with Gasteiger partial charge < -0.3 is 9.84 Å². The largest absolute Gasteiger partial charge is 0.364 e. The summed E-state index contributed by atoms with van der Waals surface area (Å²) in [6.45, 7) is 5.63. The van der Waals surface area contributed by atoms with Crippen molar-refractivity contribution in [2.24, 2.45) is 35.5 Å². The summed E-state index contributed by atoms with van der Waals surface area (Å²) in [5.41, 5.74) is 0.738. The third kappa shape index (κ3) is 1.42. The molecule has 0 aromatic carbocycles. The Morgan fingerprint density at radius 3 is 2.56 bits per heavy atom. The summed E-state index contributed by atoms with van der Waals surface area (Å²) in [4.78, 5) is 0. The van der Waals surface area contributed by atoms with Crippen LogP contribution in [-0.4, -0.2) is 17.5 Å². The van der Waals surface area contributed by atoms with Crippen LogP contribution in [0.2, 0.25) is 0 Å². The zero-order chi connectivity index (χ0) is 12.4. The Kier molecular flexibility index (Phi) is 2.44. The molecule has 4 bridgehead atoms. The highest BCUT2D eigenvalue weighted by Crippen LogP contribution is 2.67. The topological polar surface area (TPSA) is 29.5 Å².